The van der Waals surface area contributed by atoms with Gasteiger partial charge >= 0.3 is 0 Å². The lowest BCUT2D eigenvalue weighted by Gasteiger charge is -2.17. The largest absolute Gasteiger partial charge is 0.509 e. The first-order valence-corrected chi connectivity index (χ1v) is 3.82. The minimum Gasteiger partial charge on any atom is -0.509 e. The molecule has 0 aromatic heterocycles. The molecular formula is C8H11NO4. The van der Waals surface area contributed by atoms with E-state index in [1.165, 1.54) is 14.0 Å². The molecule has 5 heteroatoms. The van der Waals surface area contributed by atoms with Crippen molar-refractivity contribution in [3.8, 4) is 0 Å². The molecule has 0 unspecified atom stereocenters. The molecule has 0 saturated heterocycles. The highest BCUT2D eigenvalue weighted by Crippen LogP contribution is 2.22. The van der Waals surface area contributed by atoms with Crippen LogP contribution in [0.25, 0.3) is 0 Å². The van der Waals surface area contributed by atoms with E-state index in [1.54, 1.807) is 0 Å². The van der Waals surface area contributed by atoms with E-state index in [9.17, 15) is 14.7 Å². The van der Waals surface area contributed by atoms with E-state index in [1.807, 2.05) is 0 Å². The Labute approximate surface area is 75.3 Å². The Bertz CT molecular complexity index is 295. The standard InChI is InChI=1S/C8H11NO4/c1-4(11)6-7(12)5(3-10)9(2)8(6)13/h5,10,12H,3H2,1-2H3/t5-/m0/s1. The van der Waals surface area contributed by atoms with Crippen LogP contribution in [0.4, 0.5) is 0 Å². The average Bonchev–Trinajstić information content (AvgIpc) is 2.24. The van der Waals surface area contributed by atoms with Crippen LogP contribution < -0.4 is 0 Å². The third-order valence-electron chi connectivity index (χ3n) is 2.10. The number of hydrogen-bond donors (Lipinski definition) is 2. The molecule has 0 aliphatic carbocycles. The summed E-state index contributed by atoms with van der Waals surface area (Å²) in [5.74, 6) is -1.35. The van der Waals surface area contributed by atoms with Crippen molar-refractivity contribution in [2.45, 2.75) is 13.0 Å². The van der Waals surface area contributed by atoms with Gasteiger partial charge in [0.2, 0.25) is 0 Å². The second kappa shape index (κ2) is 3.18. The van der Waals surface area contributed by atoms with Gasteiger partial charge in [-0.05, 0) is 6.92 Å². The number of Topliss-reactive ketones (excluding diaryl/α,β-unsaturated/α-hetero) is 1. The van der Waals surface area contributed by atoms with E-state index in [2.05, 4.69) is 0 Å². The molecule has 0 radical (unpaired) electrons. The molecule has 0 fully saturated rings. The molecule has 1 rings (SSSR count). The molecule has 1 atom stereocenters. The van der Waals surface area contributed by atoms with Gasteiger partial charge in [-0.1, -0.05) is 0 Å². The number of nitrogens with zero attached hydrogens (tertiary/aromatic N) is 1. The average molecular weight is 185 g/mol. The van der Waals surface area contributed by atoms with Crippen molar-refractivity contribution in [1.29, 1.82) is 0 Å². The molecule has 1 aliphatic heterocycles. The zero-order valence-electron chi connectivity index (χ0n) is 7.44. The number of aliphatic hydroxyl groups is 2. The summed E-state index contributed by atoms with van der Waals surface area (Å²) in [6.07, 6.45) is 0. The van der Waals surface area contributed by atoms with Crippen LogP contribution in [0.1, 0.15) is 6.92 Å². The normalized spacial score (nSPS) is 22.8. The van der Waals surface area contributed by atoms with Gasteiger partial charge in [0.15, 0.2) is 5.78 Å². The van der Waals surface area contributed by atoms with Crippen LogP contribution in [-0.4, -0.2) is 46.5 Å². The zero-order chi connectivity index (χ0) is 10.2. The van der Waals surface area contributed by atoms with Crippen molar-refractivity contribution in [1.82, 2.24) is 4.90 Å². The number of likely N-dealkylation sites (N-methyl/N-ethyl adjacent to an activating group) is 1. The summed E-state index contributed by atoms with van der Waals surface area (Å²) in [6, 6.07) is -0.772. The number of carbonyl (C=O) groups is 2. The highest BCUT2D eigenvalue weighted by molar-refractivity contribution is 6.20. The Morgan fingerprint density at radius 2 is 2.15 bits per heavy atom. The second-order valence-electron chi connectivity index (χ2n) is 2.93. The van der Waals surface area contributed by atoms with Crippen LogP contribution in [0.3, 0.4) is 0 Å². The van der Waals surface area contributed by atoms with E-state index in [-0.39, 0.29) is 17.9 Å². The van der Waals surface area contributed by atoms with E-state index in [0.29, 0.717) is 0 Å². The molecule has 1 heterocycles. The molecule has 72 valence electrons. The topological polar surface area (TPSA) is 77.8 Å². The van der Waals surface area contributed by atoms with Crippen LogP contribution in [0, 0.1) is 0 Å². The van der Waals surface area contributed by atoms with Crippen LogP contribution in [-0.2, 0) is 9.59 Å². The van der Waals surface area contributed by atoms with Crippen molar-refractivity contribution < 1.29 is 19.8 Å². The summed E-state index contributed by atoms with van der Waals surface area (Å²) < 4.78 is 0. The number of amides is 1. The molecule has 5 nitrogen and oxygen atoms in total. The predicted octanol–water partition coefficient (Wildman–Crippen LogP) is -0.780. The monoisotopic (exact) mass is 185 g/mol. The lowest BCUT2D eigenvalue weighted by molar-refractivity contribution is -0.128. The maximum atomic E-state index is 11.3. The quantitative estimate of drug-likeness (QED) is 0.553. The maximum Gasteiger partial charge on any atom is 0.261 e. The van der Waals surface area contributed by atoms with E-state index in [0.717, 1.165) is 4.90 Å². The van der Waals surface area contributed by atoms with E-state index >= 15 is 0 Å². The van der Waals surface area contributed by atoms with Crippen LogP contribution in [0.5, 0.6) is 0 Å². The van der Waals surface area contributed by atoms with Crippen molar-refractivity contribution in [3.05, 3.63) is 11.3 Å². The van der Waals surface area contributed by atoms with Crippen molar-refractivity contribution >= 4 is 11.7 Å². The summed E-state index contributed by atoms with van der Waals surface area (Å²) in [6.45, 7) is 0.821. The minimum atomic E-state index is -0.772. The number of hydrogen-bond acceptors (Lipinski definition) is 4. The fourth-order valence-corrected chi connectivity index (χ4v) is 1.32. The highest BCUT2D eigenvalue weighted by Gasteiger charge is 2.38. The van der Waals surface area contributed by atoms with Crippen LogP contribution >= 0.6 is 0 Å². The van der Waals surface area contributed by atoms with Gasteiger partial charge in [-0.2, -0.15) is 0 Å². The molecule has 0 bridgehead atoms. The lowest BCUT2D eigenvalue weighted by atomic mass is 10.1. The number of ketones is 1. The highest BCUT2D eigenvalue weighted by atomic mass is 16.3. The zero-order valence-corrected chi connectivity index (χ0v) is 7.44. The van der Waals surface area contributed by atoms with Crippen molar-refractivity contribution in [2.75, 3.05) is 13.7 Å². The van der Waals surface area contributed by atoms with E-state index < -0.39 is 17.7 Å². The Kier molecular flexibility index (Phi) is 2.38. The number of aliphatic hydroxyl groups excluding tert-OH is 2. The molecule has 1 amide bonds. The van der Waals surface area contributed by atoms with Gasteiger partial charge < -0.3 is 15.1 Å². The molecule has 1 aliphatic rings. The van der Waals surface area contributed by atoms with Crippen LogP contribution in [0.15, 0.2) is 11.3 Å². The molecular weight excluding hydrogens is 174 g/mol. The number of carbonyl (C=O) groups excluding carboxylic acids is 2. The van der Waals surface area contributed by atoms with Gasteiger partial charge in [0, 0.05) is 7.05 Å². The first-order valence-electron chi connectivity index (χ1n) is 3.82. The Balaban J connectivity index is 3.11. The fourth-order valence-electron chi connectivity index (χ4n) is 1.32. The van der Waals surface area contributed by atoms with Crippen molar-refractivity contribution in [3.63, 3.8) is 0 Å². The predicted molar refractivity (Wildman–Crippen MR) is 44.0 cm³/mol. The lowest BCUT2D eigenvalue weighted by Crippen LogP contribution is -2.34. The summed E-state index contributed by atoms with van der Waals surface area (Å²) in [5.41, 5.74) is -0.221. The molecule has 0 aromatic rings. The molecule has 2 N–H and O–H groups in total. The minimum absolute atomic E-state index is 0.221. The maximum absolute atomic E-state index is 11.3. The van der Waals surface area contributed by atoms with Crippen LogP contribution in [0.2, 0.25) is 0 Å². The first-order chi connectivity index (χ1) is 6.00. The molecule has 13 heavy (non-hydrogen) atoms. The van der Waals surface area contributed by atoms with Crippen molar-refractivity contribution in [2.24, 2.45) is 0 Å². The fraction of sp³-hybridized carbons (Fsp3) is 0.500. The summed E-state index contributed by atoms with van der Waals surface area (Å²) in [7, 11) is 1.43. The number of rotatable bonds is 2. The third-order valence-corrected chi connectivity index (χ3v) is 2.10. The summed E-state index contributed by atoms with van der Waals surface area (Å²) in [4.78, 5) is 23.4. The Hall–Kier alpha value is -1.36. The molecule has 0 aromatic carbocycles. The second-order valence-corrected chi connectivity index (χ2v) is 2.93. The Morgan fingerprint density at radius 1 is 1.62 bits per heavy atom. The Morgan fingerprint density at radius 3 is 2.38 bits per heavy atom. The first kappa shape index (κ1) is 9.73. The van der Waals surface area contributed by atoms with Gasteiger partial charge in [-0.15, -0.1) is 0 Å². The molecule has 0 spiro atoms. The van der Waals surface area contributed by atoms with Gasteiger partial charge in [0.05, 0.1) is 6.61 Å². The van der Waals surface area contributed by atoms with Gasteiger partial charge in [0.1, 0.15) is 17.4 Å². The van der Waals surface area contributed by atoms with E-state index in [4.69, 9.17) is 5.11 Å². The van der Waals surface area contributed by atoms with Gasteiger partial charge in [-0.25, -0.2) is 0 Å². The summed E-state index contributed by atoms with van der Waals surface area (Å²) >= 11 is 0. The SMILES string of the molecule is CC(=O)C1=C(O)[C@H](CO)N(C)C1=O. The molecule has 0 saturated carbocycles. The van der Waals surface area contributed by atoms with Gasteiger partial charge in [0.25, 0.3) is 5.91 Å². The van der Waals surface area contributed by atoms with Gasteiger partial charge in [-0.3, -0.25) is 9.59 Å². The third kappa shape index (κ3) is 1.31. The summed E-state index contributed by atoms with van der Waals surface area (Å²) in [5, 5.41) is 18.2. The smallest absolute Gasteiger partial charge is 0.261 e.